The Morgan fingerprint density at radius 3 is 2.27 bits per heavy atom. The first-order valence-electron chi connectivity index (χ1n) is 8.95. The lowest BCUT2D eigenvalue weighted by Gasteiger charge is -2.13. The van der Waals surface area contributed by atoms with E-state index in [9.17, 15) is 8.42 Å². The van der Waals surface area contributed by atoms with Crippen LogP contribution in [-0.4, -0.2) is 41.5 Å². The number of nitrogens with zero attached hydrogens (tertiary/aromatic N) is 1. The van der Waals surface area contributed by atoms with Gasteiger partial charge in [0.05, 0.1) is 33.5 Å². The highest BCUT2D eigenvalue weighted by atomic mass is 32.2. The lowest BCUT2D eigenvalue weighted by atomic mass is 10.1. The summed E-state index contributed by atoms with van der Waals surface area (Å²) in [5.74, 6) is 1.71. The van der Waals surface area contributed by atoms with Gasteiger partial charge in [0.25, 0.3) is 10.0 Å². The van der Waals surface area contributed by atoms with Gasteiger partial charge in [-0.05, 0) is 37.3 Å². The minimum atomic E-state index is -4.08. The number of rotatable bonds is 9. The van der Waals surface area contributed by atoms with Crippen molar-refractivity contribution in [1.29, 1.82) is 0 Å². The molecule has 3 rings (SSSR count). The van der Waals surface area contributed by atoms with Gasteiger partial charge in [-0.2, -0.15) is 0 Å². The van der Waals surface area contributed by atoms with E-state index < -0.39 is 10.0 Å². The first-order valence-corrected chi connectivity index (χ1v) is 10.4. The number of sulfonamides is 1. The first-order chi connectivity index (χ1) is 14.4. The molecule has 1 aromatic heterocycles. The minimum absolute atomic E-state index is 0.0109. The van der Waals surface area contributed by atoms with Crippen LogP contribution >= 0.6 is 0 Å². The number of anilines is 1. The Kier molecular flexibility index (Phi) is 6.36. The van der Waals surface area contributed by atoms with Crippen molar-refractivity contribution < 1.29 is 31.9 Å². The standard InChI is InChI=1S/C20H22N2O7S/c1-5-28-15-10-9-13(25-2)11-14(15)18-12-19(21-29-18)22-30(23,24)20-16(26-3)7-6-8-17(20)27-4/h6-12H,5H2,1-4H3,(H,21,22). The van der Waals surface area contributed by atoms with Crippen molar-refractivity contribution in [2.24, 2.45) is 0 Å². The van der Waals surface area contributed by atoms with Gasteiger partial charge in [0, 0.05) is 6.07 Å². The smallest absolute Gasteiger partial charge is 0.270 e. The summed E-state index contributed by atoms with van der Waals surface area (Å²) in [4.78, 5) is -0.143. The Labute approximate surface area is 174 Å². The molecular formula is C20H22N2O7S. The van der Waals surface area contributed by atoms with E-state index in [4.69, 9.17) is 23.5 Å². The van der Waals surface area contributed by atoms with Crippen molar-refractivity contribution in [2.75, 3.05) is 32.7 Å². The van der Waals surface area contributed by atoms with E-state index in [2.05, 4.69) is 9.88 Å². The van der Waals surface area contributed by atoms with E-state index >= 15 is 0 Å². The molecule has 1 heterocycles. The number of hydrogen-bond acceptors (Lipinski definition) is 8. The van der Waals surface area contributed by atoms with E-state index in [0.29, 0.717) is 29.4 Å². The van der Waals surface area contributed by atoms with Crippen molar-refractivity contribution in [1.82, 2.24) is 5.16 Å². The quantitative estimate of drug-likeness (QED) is 0.544. The van der Waals surface area contributed by atoms with Crippen molar-refractivity contribution in [3.63, 3.8) is 0 Å². The molecule has 0 amide bonds. The fraction of sp³-hybridized carbons (Fsp3) is 0.250. The van der Waals surface area contributed by atoms with Gasteiger partial charge in [-0.15, -0.1) is 0 Å². The SMILES string of the molecule is CCOc1ccc(OC)cc1-c1cc(NS(=O)(=O)c2c(OC)cccc2OC)no1. The third-order valence-electron chi connectivity index (χ3n) is 4.15. The molecule has 0 spiro atoms. The normalized spacial score (nSPS) is 11.1. The lowest BCUT2D eigenvalue weighted by Crippen LogP contribution is -2.15. The average molecular weight is 434 g/mol. The number of ether oxygens (including phenoxy) is 4. The van der Waals surface area contributed by atoms with Gasteiger partial charge in [0.1, 0.15) is 23.0 Å². The lowest BCUT2D eigenvalue weighted by molar-refractivity contribution is 0.338. The molecule has 0 bridgehead atoms. The molecule has 3 aromatic rings. The summed E-state index contributed by atoms with van der Waals surface area (Å²) in [6, 6.07) is 11.3. The minimum Gasteiger partial charge on any atom is -0.497 e. The van der Waals surface area contributed by atoms with E-state index in [-0.39, 0.29) is 22.2 Å². The molecular weight excluding hydrogens is 412 g/mol. The van der Waals surface area contributed by atoms with Gasteiger partial charge >= 0.3 is 0 Å². The molecule has 160 valence electrons. The van der Waals surface area contributed by atoms with Crippen LogP contribution in [0.4, 0.5) is 5.82 Å². The maximum absolute atomic E-state index is 13.0. The summed E-state index contributed by atoms with van der Waals surface area (Å²) in [6.07, 6.45) is 0. The highest BCUT2D eigenvalue weighted by Gasteiger charge is 2.26. The zero-order valence-electron chi connectivity index (χ0n) is 17.0. The molecule has 30 heavy (non-hydrogen) atoms. The summed E-state index contributed by atoms with van der Waals surface area (Å²) in [6.45, 7) is 2.30. The van der Waals surface area contributed by atoms with Gasteiger partial charge in [-0.1, -0.05) is 11.2 Å². The van der Waals surface area contributed by atoms with Gasteiger partial charge in [0.15, 0.2) is 16.5 Å². The fourth-order valence-electron chi connectivity index (χ4n) is 2.83. The average Bonchev–Trinajstić information content (AvgIpc) is 3.21. The molecule has 0 fully saturated rings. The molecule has 0 atom stereocenters. The van der Waals surface area contributed by atoms with Crippen molar-refractivity contribution in [3.05, 3.63) is 42.5 Å². The first kappa shape index (κ1) is 21.3. The largest absolute Gasteiger partial charge is 0.497 e. The maximum Gasteiger partial charge on any atom is 0.270 e. The molecule has 0 saturated carbocycles. The second-order valence-corrected chi connectivity index (χ2v) is 7.59. The van der Waals surface area contributed by atoms with E-state index in [0.717, 1.165) is 0 Å². The highest BCUT2D eigenvalue weighted by Crippen LogP contribution is 2.37. The Morgan fingerprint density at radius 1 is 0.967 bits per heavy atom. The second-order valence-electron chi connectivity index (χ2n) is 5.97. The maximum atomic E-state index is 13.0. The van der Waals surface area contributed by atoms with Gasteiger partial charge in [-0.3, -0.25) is 4.72 Å². The Hall–Kier alpha value is -3.40. The predicted molar refractivity (Wildman–Crippen MR) is 110 cm³/mol. The van der Waals surface area contributed by atoms with Crippen molar-refractivity contribution >= 4 is 15.8 Å². The third kappa shape index (κ3) is 4.28. The summed E-state index contributed by atoms with van der Waals surface area (Å²) >= 11 is 0. The van der Waals surface area contributed by atoms with E-state index in [1.807, 2.05) is 6.92 Å². The van der Waals surface area contributed by atoms with Crippen LogP contribution in [0.25, 0.3) is 11.3 Å². The second kappa shape index (κ2) is 8.95. The molecule has 0 aliphatic rings. The van der Waals surface area contributed by atoms with Crippen LogP contribution in [0.2, 0.25) is 0 Å². The Balaban J connectivity index is 1.97. The number of nitrogens with one attached hydrogen (secondary N) is 1. The van der Waals surface area contributed by atoms with Crippen LogP contribution in [0, 0.1) is 0 Å². The Morgan fingerprint density at radius 2 is 1.67 bits per heavy atom. The molecule has 0 radical (unpaired) electrons. The van der Waals surface area contributed by atoms with Crippen LogP contribution in [0.5, 0.6) is 23.0 Å². The van der Waals surface area contributed by atoms with Crippen LogP contribution in [-0.2, 0) is 10.0 Å². The Bertz CT molecular complexity index is 1100. The summed E-state index contributed by atoms with van der Waals surface area (Å²) in [5.41, 5.74) is 0.573. The monoisotopic (exact) mass is 434 g/mol. The van der Waals surface area contributed by atoms with Crippen LogP contribution < -0.4 is 23.7 Å². The van der Waals surface area contributed by atoms with Gasteiger partial charge in [-0.25, -0.2) is 8.42 Å². The summed E-state index contributed by atoms with van der Waals surface area (Å²) in [5, 5.41) is 3.83. The summed E-state index contributed by atoms with van der Waals surface area (Å²) in [7, 11) is 0.212. The molecule has 2 aromatic carbocycles. The van der Waals surface area contributed by atoms with Crippen LogP contribution in [0.15, 0.2) is 51.9 Å². The summed E-state index contributed by atoms with van der Waals surface area (Å²) < 4.78 is 54.9. The molecule has 1 N–H and O–H groups in total. The predicted octanol–water partition coefficient (Wildman–Crippen LogP) is 3.57. The third-order valence-corrected chi connectivity index (χ3v) is 5.57. The molecule has 0 aliphatic heterocycles. The number of hydrogen-bond donors (Lipinski definition) is 1. The fourth-order valence-corrected chi connectivity index (χ4v) is 4.14. The zero-order valence-corrected chi connectivity index (χ0v) is 17.8. The van der Waals surface area contributed by atoms with E-state index in [1.165, 1.54) is 32.4 Å². The molecule has 9 nitrogen and oxygen atoms in total. The zero-order chi connectivity index (χ0) is 21.7. The molecule has 0 saturated heterocycles. The molecule has 0 unspecified atom stereocenters. The highest BCUT2D eigenvalue weighted by molar-refractivity contribution is 7.93. The van der Waals surface area contributed by atoms with Gasteiger partial charge < -0.3 is 23.5 Å². The van der Waals surface area contributed by atoms with Crippen LogP contribution in [0.1, 0.15) is 6.92 Å². The van der Waals surface area contributed by atoms with Crippen LogP contribution in [0.3, 0.4) is 0 Å². The van der Waals surface area contributed by atoms with Crippen molar-refractivity contribution in [2.45, 2.75) is 11.8 Å². The number of aromatic nitrogens is 1. The molecule has 0 aliphatic carbocycles. The molecule has 10 heteroatoms. The number of benzene rings is 2. The van der Waals surface area contributed by atoms with E-state index in [1.54, 1.807) is 31.4 Å². The number of methoxy groups -OCH3 is 3. The van der Waals surface area contributed by atoms with Gasteiger partial charge in [0.2, 0.25) is 0 Å². The van der Waals surface area contributed by atoms with Crippen molar-refractivity contribution in [3.8, 4) is 34.3 Å². The topological polar surface area (TPSA) is 109 Å².